The molecule has 1 atom stereocenters. The van der Waals surface area contributed by atoms with Gasteiger partial charge in [0.2, 0.25) is 5.91 Å². The largest absolute Gasteiger partial charge is 0.347 e. The average Bonchev–Trinajstić information content (AvgIpc) is 2.84. The van der Waals surface area contributed by atoms with Crippen molar-refractivity contribution < 1.29 is 9.59 Å². The molecule has 0 bridgehead atoms. The Kier molecular flexibility index (Phi) is 4.08. The first kappa shape index (κ1) is 14.5. The molecular weight excluding hydrogens is 258 g/mol. The highest BCUT2D eigenvalue weighted by Crippen LogP contribution is 2.13. The van der Waals surface area contributed by atoms with Gasteiger partial charge in [0.1, 0.15) is 11.7 Å². The lowest BCUT2D eigenvalue weighted by Gasteiger charge is -2.39. The second-order valence-electron chi connectivity index (χ2n) is 5.32. The molecule has 0 radical (unpaired) electrons. The van der Waals surface area contributed by atoms with Crippen molar-refractivity contribution in [1.82, 2.24) is 24.5 Å². The third-order valence-corrected chi connectivity index (χ3v) is 3.70. The Labute approximate surface area is 118 Å². The van der Waals surface area contributed by atoms with Crippen LogP contribution in [0, 0.1) is 0 Å². The number of carbonyl (C=O) groups excluding carboxylic acids is 2. The molecule has 7 heteroatoms. The van der Waals surface area contributed by atoms with E-state index in [-0.39, 0.29) is 17.9 Å². The topological polar surface area (TPSA) is 61.7 Å². The van der Waals surface area contributed by atoms with Crippen LogP contribution in [0.4, 0.5) is 0 Å². The number of likely N-dealkylation sites (N-methyl/N-ethyl adjacent to an activating group) is 2. The van der Waals surface area contributed by atoms with Crippen molar-refractivity contribution >= 4 is 11.8 Å². The van der Waals surface area contributed by atoms with Crippen molar-refractivity contribution in [2.24, 2.45) is 7.05 Å². The molecule has 1 aromatic heterocycles. The second kappa shape index (κ2) is 5.62. The Morgan fingerprint density at radius 3 is 2.55 bits per heavy atom. The van der Waals surface area contributed by atoms with Crippen molar-refractivity contribution in [2.75, 3.05) is 40.8 Å². The summed E-state index contributed by atoms with van der Waals surface area (Å²) < 4.78 is 1.56. The van der Waals surface area contributed by atoms with Gasteiger partial charge in [-0.3, -0.25) is 19.2 Å². The Balaban J connectivity index is 2.13. The maximum absolute atomic E-state index is 12.4. The van der Waals surface area contributed by atoms with Crippen molar-refractivity contribution in [2.45, 2.75) is 6.04 Å². The molecule has 20 heavy (non-hydrogen) atoms. The van der Waals surface area contributed by atoms with Crippen LogP contribution in [-0.2, 0) is 11.8 Å². The van der Waals surface area contributed by atoms with E-state index in [0.29, 0.717) is 25.3 Å². The Bertz CT molecular complexity index is 511. The van der Waals surface area contributed by atoms with Crippen LogP contribution >= 0.6 is 0 Å². The number of carbonyl (C=O) groups is 2. The Morgan fingerprint density at radius 1 is 1.30 bits per heavy atom. The summed E-state index contributed by atoms with van der Waals surface area (Å²) in [4.78, 5) is 29.9. The van der Waals surface area contributed by atoms with Crippen LogP contribution < -0.4 is 0 Å². The lowest BCUT2D eigenvalue weighted by molar-refractivity contribution is -0.135. The standard InChI is InChI=1S/C13H21N5O2/c1-15(2)12(19)11-9-18(8-7-16(11)3)13(20)10-5-6-14-17(10)4/h5-6,11H,7-9H2,1-4H3. The highest BCUT2D eigenvalue weighted by molar-refractivity contribution is 5.93. The van der Waals surface area contributed by atoms with Gasteiger partial charge in [-0.25, -0.2) is 0 Å². The van der Waals surface area contributed by atoms with E-state index in [0.717, 1.165) is 0 Å². The number of nitrogens with zero attached hydrogens (tertiary/aromatic N) is 5. The molecule has 2 rings (SSSR count). The summed E-state index contributed by atoms with van der Waals surface area (Å²) >= 11 is 0. The van der Waals surface area contributed by atoms with Gasteiger partial charge in [0.25, 0.3) is 5.91 Å². The number of hydrogen-bond acceptors (Lipinski definition) is 4. The molecule has 1 aliphatic rings. The predicted octanol–water partition coefficient (Wildman–Crippen LogP) is -0.735. The third-order valence-electron chi connectivity index (χ3n) is 3.70. The van der Waals surface area contributed by atoms with Crippen LogP contribution in [0.2, 0.25) is 0 Å². The fourth-order valence-electron chi connectivity index (χ4n) is 2.37. The van der Waals surface area contributed by atoms with E-state index in [1.165, 1.54) is 0 Å². The molecule has 0 N–H and O–H groups in total. The molecule has 0 aliphatic carbocycles. The van der Waals surface area contributed by atoms with Crippen LogP contribution in [0.5, 0.6) is 0 Å². The minimum absolute atomic E-state index is 0.0232. The number of rotatable bonds is 2. The lowest BCUT2D eigenvalue weighted by Crippen LogP contribution is -2.58. The monoisotopic (exact) mass is 279 g/mol. The van der Waals surface area contributed by atoms with Crippen LogP contribution in [-0.4, -0.2) is 83.1 Å². The van der Waals surface area contributed by atoms with Gasteiger partial charge in [-0.1, -0.05) is 0 Å². The predicted molar refractivity (Wildman–Crippen MR) is 74.2 cm³/mol. The summed E-state index contributed by atoms with van der Waals surface area (Å²) in [5.74, 6) is -0.0512. The highest BCUT2D eigenvalue weighted by atomic mass is 16.2. The first-order valence-corrected chi connectivity index (χ1v) is 6.60. The molecule has 0 spiro atoms. The van der Waals surface area contributed by atoms with Gasteiger partial charge in [-0.2, -0.15) is 5.10 Å². The molecule has 0 saturated carbocycles. The van der Waals surface area contributed by atoms with Crippen molar-refractivity contribution in [3.63, 3.8) is 0 Å². The third kappa shape index (κ3) is 2.67. The summed E-state index contributed by atoms with van der Waals surface area (Å²) in [6.07, 6.45) is 1.60. The number of aryl methyl sites for hydroxylation is 1. The van der Waals surface area contributed by atoms with Gasteiger partial charge >= 0.3 is 0 Å². The van der Waals surface area contributed by atoms with Crippen LogP contribution in [0.3, 0.4) is 0 Å². The minimum atomic E-state index is -0.282. The van der Waals surface area contributed by atoms with E-state index in [9.17, 15) is 9.59 Å². The molecule has 1 fully saturated rings. The molecule has 7 nitrogen and oxygen atoms in total. The van der Waals surface area contributed by atoms with Gasteiger partial charge in [-0.05, 0) is 13.1 Å². The molecule has 110 valence electrons. The molecular formula is C13H21N5O2. The van der Waals surface area contributed by atoms with E-state index in [1.54, 1.807) is 47.9 Å². The number of piperazine rings is 1. The molecule has 1 unspecified atom stereocenters. The van der Waals surface area contributed by atoms with Gasteiger partial charge in [0.05, 0.1) is 0 Å². The van der Waals surface area contributed by atoms with Gasteiger partial charge in [0, 0.05) is 47.0 Å². The van der Waals surface area contributed by atoms with Crippen LogP contribution in [0.25, 0.3) is 0 Å². The van der Waals surface area contributed by atoms with Gasteiger partial charge < -0.3 is 9.80 Å². The van der Waals surface area contributed by atoms with Gasteiger partial charge in [0.15, 0.2) is 0 Å². The average molecular weight is 279 g/mol. The highest BCUT2D eigenvalue weighted by Gasteiger charge is 2.33. The van der Waals surface area contributed by atoms with E-state index < -0.39 is 0 Å². The van der Waals surface area contributed by atoms with Crippen LogP contribution in [0.15, 0.2) is 12.3 Å². The fourth-order valence-corrected chi connectivity index (χ4v) is 2.37. The van der Waals surface area contributed by atoms with Crippen molar-refractivity contribution in [3.05, 3.63) is 18.0 Å². The normalized spacial score (nSPS) is 20.0. The number of aromatic nitrogens is 2. The molecule has 0 aromatic carbocycles. The summed E-state index contributed by atoms with van der Waals surface area (Å²) in [5, 5.41) is 4.01. The van der Waals surface area contributed by atoms with E-state index >= 15 is 0 Å². The quantitative estimate of drug-likeness (QED) is 0.716. The summed E-state index contributed by atoms with van der Waals surface area (Å²) in [6.45, 7) is 1.73. The van der Waals surface area contributed by atoms with Crippen molar-refractivity contribution in [1.29, 1.82) is 0 Å². The lowest BCUT2D eigenvalue weighted by atomic mass is 10.1. The molecule has 2 heterocycles. The summed E-state index contributed by atoms with van der Waals surface area (Å²) in [7, 11) is 7.12. The number of hydrogen-bond donors (Lipinski definition) is 0. The second-order valence-corrected chi connectivity index (χ2v) is 5.32. The molecule has 1 saturated heterocycles. The molecule has 2 amide bonds. The van der Waals surface area contributed by atoms with E-state index in [1.807, 2.05) is 11.9 Å². The Morgan fingerprint density at radius 2 is 2.00 bits per heavy atom. The number of amides is 2. The fraction of sp³-hybridized carbons (Fsp3) is 0.615. The maximum atomic E-state index is 12.4. The minimum Gasteiger partial charge on any atom is -0.347 e. The van der Waals surface area contributed by atoms with E-state index in [4.69, 9.17) is 0 Å². The first-order valence-electron chi connectivity index (χ1n) is 6.60. The zero-order valence-electron chi connectivity index (χ0n) is 12.4. The van der Waals surface area contributed by atoms with Gasteiger partial charge in [-0.15, -0.1) is 0 Å². The maximum Gasteiger partial charge on any atom is 0.272 e. The van der Waals surface area contributed by atoms with Crippen LogP contribution in [0.1, 0.15) is 10.5 Å². The zero-order valence-corrected chi connectivity index (χ0v) is 12.4. The summed E-state index contributed by atoms with van der Waals surface area (Å²) in [5.41, 5.74) is 0.547. The van der Waals surface area contributed by atoms with E-state index in [2.05, 4.69) is 5.10 Å². The summed E-state index contributed by atoms with van der Waals surface area (Å²) in [6, 6.07) is 1.42. The Hall–Kier alpha value is -1.89. The SMILES string of the molecule is CN(C)C(=O)C1CN(C(=O)c2ccnn2C)CCN1C. The smallest absolute Gasteiger partial charge is 0.272 e. The zero-order chi connectivity index (χ0) is 14.9. The molecule has 1 aromatic rings. The molecule has 1 aliphatic heterocycles. The van der Waals surface area contributed by atoms with Crippen molar-refractivity contribution in [3.8, 4) is 0 Å². The first-order chi connectivity index (χ1) is 9.41.